The highest BCUT2D eigenvalue weighted by Gasteiger charge is 2.41. The lowest BCUT2D eigenvalue weighted by atomic mass is 10.1. The fourth-order valence-corrected chi connectivity index (χ4v) is 6.61. The average molecular weight is 600 g/mol. The van der Waals surface area contributed by atoms with Gasteiger partial charge in [-0.15, -0.1) is 0 Å². The van der Waals surface area contributed by atoms with Gasteiger partial charge >= 0.3 is 0 Å². The molecule has 3 aromatic rings. The third-order valence-electron chi connectivity index (χ3n) is 6.34. The summed E-state index contributed by atoms with van der Waals surface area (Å²) in [5.41, 5.74) is 1.33. The number of carbonyl (C=O) groups is 2. The van der Waals surface area contributed by atoms with E-state index in [1.165, 1.54) is 16.4 Å². The van der Waals surface area contributed by atoms with Gasteiger partial charge in [-0.05, 0) is 89.5 Å². The van der Waals surface area contributed by atoms with E-state index < -0.39 is 27.6 Å². The van der Waals surface area contributed by atoms with Crippen LogP contribution >= 0.6 is 22.6 Å². The molecule has 1 aliphatic heterocycles. The van der Waals surface area contributed by atoms with Gasteiger partial charge in [-0.2, -0.15) is 4.31 Å². The van der Waals surface area contributed by atoms with Crippen molar-refractivity contribution < 1.29 is 22.7 Å². The maximum Gasteiger partial charge on any atom is 0.243 e. The molecule has 1 unspecified atom stereocenters. The van der Waals surface area contributed by atoms with Crippen molar-refractivity contribution in [3.8, 4) is 5.75 Å². The lowest BCUT2D eigenvalue weighted by Gasteiger charge is -2.24. The molecule has 1 N–H and O–H groups in total. The summed E-state index contributed by atoms with van der Waals surface area (Å²) < 4.78 is 35.3. The smallest absolute Gasteiger partial charge is 0.243 e. The maximum atomic E-state index is 13.5. The van der Waals surface area contributed by atoms with Crippen LogP contribution in [0.15, 0.2) is 77.7 Å². The maximum absolute atomic E-state index is 13.5. The Balaban J connectivity index is 1.38. The van der Waals surface area contributed by atoms with Crippen molar-refractivity contribution in [2.45, 2.75) is 29.8 Å². The van der Waals surface area contributed by atoms with Crippen LogP contribution in [0.5, 0.6) is 5.75 Å². The number of nitrogens with one attached hydrogen (secondary N) is 1. The number of anilines is 1. The van der Waals surface area contributed by atoms with Crippen molar-refractivity contribution in [1.82, 2.24) is 4.31 Å². The Bertz CT molecular complexity index is 1380. The number of halogens is 1. The molecule has 9 heteroatoms. The quantitative estimate of drug-likeness (QED) is 0.319. The summed E-state index contributed by atoms with van der Waals surface area (Å²) in [6.07, 6.45) is 1.42. The highest BCUT2D eigenvalue weighted by molar-refractivity contribution is 14.1. The number of sulfonamides is 1. The van der Waals surface area contributed by atoms with Crippen LogP contribution in [0.1, 0.15) is 34.8 Å². The third-order valence-corrected chi connectivity index (χ3v) is 9.00. The summed E-state index contributed by atoms with van der Waals surface area (Å²) in [5.74, 6) is -0.584. The number of ketones is 2. The van der Waals surface area contributed by atoms with Crippen LogP contribution < -0.4 is 10.1 Å². The van der Waals surface area contributed by atoms with E-state index in [-0.39, 0.29) is 23.1 Å². The van der Waals surface area contributed by atoms with E-state index in [1.54, 1.807) is 6.07 Å². The molecule has 2 atom stereocenters. The van der Waals surface area contributed by atoms with Gasteiger partial charge in [0, 0.05) is 21.4 Å². The number of para-hydroxylation sites is 1. The van der Waals surface area contributed by atoms with Gasteiger partial charge in [-0.1, -0.05) is 24.3 Å². The molecule has 180 valence electrons. The van der Waals surface area contributed by atoms with Crippen LogP contribution in [0.2, 0.25) is 0 Å². The largest absolute Gasteiger partial charge is 0.492 e. The predicted molar refractivity (Wildman–Crippen MR) is 140 cm³/mol. The highest BCUT2D eigenvalue weighted by Crippen LogP contribution is 2.35. The first kappa shape index (κ1) is 24.0. The van der Waals surface area contributed by atoms with Crippen molar-refractivity contribution in [2.75, 3.05) is 18.5 Å². The SMILES string of the molecule is O=C1C(=O)C(Nc2ccc([125I])cc2)c2ccc(S(=O)(=O)N3CCC[C@H]3COc3ccccc3)cc21. The Kier molecular flexibility index (Phi) is 6.65. The first-order chi connectivity index (χ1) is 16.8. The minimum Gasteiger partial charge on any atom is -0.492 e. The molecule has 1 saturated heterocycles. The van der Waals surface area contributed by atoms with Gasteiger partial charge in [0.2, 0.25) is 21.6 Å². The zero-order valence-corrected chi connectivity index (χ0v) is 21.7. The molecule has 0 aromatic heterocycles. The van der Waals surface area contributed by atoms with Crippen molar-refractivity contribution in [2.24, 2.45) is 0 Å². The Morgan fingerprint density at radius 2 is 1.74 bits per heavy atom. The summed E-state index contributed by atoms with van der Waals surface area (Å²) in [7, 11) is -3.87. The number of benzene rings is 3. The molecule has 5 rings (SSSR count). The first-order valence-electron chi connectivity index (χ1n) is 11.3. The van der Waals surface area contributed by atoms with Gasteiger partial charge in [0.05, 0.1) is 10.9 Å². The molecule has 0 spiro atoms. The van der Waals surface area contributed by atoms with Crippen LogP contribution in [-0.2, 0) is 14.8 Å². The zero-order valence-electron chi connectivity index (χ0n) is 18.7. The standard InChI is InChI=1S/C26H23IN2O5S/c27-17-8-10-18(11-9-17)28-24-22-13-12-21(15-23(22)25(30)26(24)31)35(32,33)29-14-4-5-19(29)16-34-20-6-2-1-3-7-20/h1-3,6-13,15,19,24,28H,4-5,14,16H2/t19-,24?/m0/s1/i27-2. The fraction of sp³-hybridized carbons (Fsp3) is 0.231. The van der Waals surface area contributed by atoms with Crippen LogP contribution in [0, 0.1) is 3.57 Å². The topological polar surface area (TPSA) is 92.8 Å². The van der Waals surface area contributed by atoms with E-state index in [1.807, 2.05) is 54.6 Å². The molecule has 1 heterocycles. The van der Waals surface area contributed by atoms with Gasteiger partial charge in [-0.3, -0.25) is 9.59 Å². The Morgan fingerprint density at radius 3 is 2.49 bits per heavy atom. The molecule has 0 saturated carbocycles. The first-order valence-corrected chi connectivity index (χ1v) is 13.8. The minimum absolute atomic E-state index is 0.0129. The number of nitrogens with zero attached hydrogens (tertiary/aromatic N) is 1. The zero-order chi connectivity index (χ0) is 24.6. The monoisotopic (exact) mass is 600 g/mol. The molecule has 7 nitrogen and oxygen atoms in total. The third kappa shape index (κ3) is 4.72. The number of fused-ring (bicyclic) bond motifs is 1. The van der Waals surface area contributed by atoms with Crippen molar-refractivity contribution >= 4 is 49.9 Å². The van der Waals surface area contributed by atoms with Crippen LogP contribution in [-0.4, -0.2) is 43.5 Å². The second kappa shape index (κ2) is 9.71. The van der Waals surface area contributed by atoms with Crippen LogP contribution in [0.4, 0.5) is 5.69 Å². The van der Waals surface area contributed by atoms with Crippen LogP contribution in [0.25, 0.3) is 0 Å². The Morgan fingerprint density at radius 1 is 1.00 bits per heavy atom. The molecule has 1 aliphatic carbocycles. The molecule has 0 radical (unpaired) electrons. The number of hydrogen-bond acceptors (Lipinski definition) is 6. The number of Topliss-reactive ketones (excluding diaryl/α,β-unsaturated/α-hetero) is 2. The van der Waals surface area contributed by atoms with Gasteiger partial charge < -0.3 is 10.1 Å². The van der Waals surface area contributed by atoms with Crippen molar-refractivity contribution in [1.29, 1.82) is 0 Å². The van der Waals surface area contributed by atoms with Gasteiger partial charge in [0.1, 0.15) is 18.4 Å². The van der Waals surface area contributed by atoms with Gasteiger partial charge in [0.25, 0.3) is 0 Å². The van der Waals surface area contributed by atoms with Crippen molar-refractivity contribution in [3.63, 3.8) is 0 Å². The molecule has 1 fully saturated rings. The molecule has 0 bridgehead atoms. The Hall–Kier alpha value is -2.76. The number of rotatable bonds is 7. The lowest BCUT2D eigenvalue weighted by Crippen LogP contribution is -2.39. The molecule has 2 aliphatic rings. The van der Waals surface area contributed by atoms with E-state index in [0.717, 1.165) is 9.99 Å². The van der Waals surface area contributed by atoms with Gasteiger partial charge in [-0.25, -0.2) is 8.42 Å². The van der Waals surface area contributed by atoms with Crippen LogP contribution in [0.3, 0.4) is 0 Å². The summed E-state index contributed by atoms with van der Waals surface area (Å²) in [6.45, 7) is 0.625. The summed E-state index contributed by atoms with van der Waals surface area (Å²) in [4.78, 5) is 25.5. The highest BCUT2D eigenvalue weighted by atomic mass is 125. The van der Waals surface area contributed by atoms with Crippen molar-refractivity contribution in [3.05, 3.63) is 87.5 Å². The van der Waals surface area contributed by atoms with E-state index in [9.17, 15) is 18.0 Å². The van der Waals surface area contributed by atoms with Gasteiger partial charge in [0.15, 0.2) is 0 Å². The predicted octanol–water partition coefficient (Wildman–Crippen LogP) is 4.44. The molecule has 0 amide bonds. The minimum atomic E-state index is -3.87. The molecular formula is C26H23IN2O5S. The second-order valence-electron chi connectivity index (χ2n) is 8.56. The normalized spacial score (nSPS) is 20.1. The van der Waals surface area contributed by atoms with E-state index in [2.05, 4.69) is 27.9 Å². The number of hydrogen-bond donors (Lipinski definition) is 1. The fourth-order valence-electron chi connectivity index (χ4n) is 4.54. The average Bonchev–Trinajstić information content (AvgIpc) is 3.44. The molecule has 35 heavy (non-hydrogen) atoms. The lowest BCUT2D eigenvalue weighted by molar-refractivity contribution is -0.115. The molecular weight excluding hydrogens is 577 g/mol. The summed E-state index contributed by atoms with van der Waals surface area (Å²) in [5, 5.41) is 3.11. The van der Waals surface area contributed by atoms with E-state index in [4.69, 9.17) is 4.74 Å². The molecule has 3 aromatic carbocycles. The second-order valence-corrected chi connectivity index (χ2v) is 11.7. The summed E-state index contributed by atoms with van der Waals surface area (Å²) in [6, 6.07) is 20.0. The summed E-state index contributed by atoms with van der Waals surface area (Å²) >= 11 is 2.19. The van der Waals surface area contributed by atoms with E-state index in [0.29, 0.717) is 30.0 Å². The number of carbonyl (C=O) groups excluding carboxylic acids is 2. The van der Waals surface area contributed by atoms with E-state index >= 15 is 0 Å². The number of ether oxygens (including phenoxy) is 1. The Labute approximate surface area is 217 Å².